The molecular formula is C26H26N4O2. The summed E-state index contributed by atoms with van der Waals surface area (Å²) in [4.78, 5) is 15.4. The second-order valence-corrected chi connectivity index (χ2v) is 8.89. The van der Waals surface area contributed by atoms with E-state index in [4.69, 9.17) is 4.74 Å². The smallest absolute Gasteiger partial charge is 0.275 e. The summed E-state index contributed by atoms with van der Waals surface area (Å²) in [7, 11) is 2.16. The maximum absolute atomic E-state index is 12.8. The van der Waals surface area contributed by atoms with Gasteiger partial charge in [-0.1, -0.05) is 36.4 Å². The molecule has 0 aliphatic carbocycles. The maximum Gasteiger partial charge on any atom is 0.275 e. The highest BCUT2D eigenvalue weighted by Crippen LogP contribution is 2.40. The van der Waals surface area contributed by atoms with Crippen molar-refractivity contribution in [3.05, 3.63) is 88.0 Å². The van der Waals surface area contributed by atoms with E-state index in [2.05, 4.69) is 33.7 Å². The van der Waals surface area contributed by atoms with Crippen LogP contribution in [0.4, 0.5) is 0 Å². The van der Waals surface area contributed by atoms with Crippen molar-refractivity contribution >= 4 is 10.9 Å². The van der Waals surface area contributed by atoms with E-state index in [1.165, 1.54) is 58.8 Å². The summed E-state index contributed by atoms with van der Waals surface area (Å²) in [6.07, 6.45) is 4.08. The van der Waals surface area contributed by atoms with E-state index < -0.39 is 0 Å². The van der Waals surface area contributed by atoms with Crippen LogP contribution >= 0.6 is 0 Å². The van der Waals surface area contributed by atoms with Gasteiger partial charge >= 0.3 is 0 Å². The van der Waals surface area contributed by atoms with Crippen LogP contribution in [0.2, 0.25) is 0 Å². The first kappa shape index (κ1) is 19.3. The summed E-state index contributed by atoms with van der Waals surface area (Å²) in [6.45, 7) is 3.81. The molecule has 1 saturated heterocycles. The van der Waals surface area contributed by atoms with E-state index in [-0.39, 0.29) is 5.56 Å². The summed E-state index contributed by atoms with van der Waals surface area (Å²) in [6, 6.07) is 17.6. The first-order valence-corrected chi connectivity index (χ1v) is 11.3. The summed E-state index contributed by atoms with van der Waals surface area (Å²) in [5, 5.41) is 5.69. The molecule has 32 heavy (non-hydrogen) atoms. The van der Waals surface area contributed by atoms with Crippen LogP contribution in [0.5, 0.6) is 5.75 Å². The molecule has 4 aromatic rings. The van der Waals surface area contributed by atoms with Gasteiger partial charge < -0.3 is 9.30 Å². The summed E-state index contributed by atoms with van der Waals surface area (Å²) in [5.74, 6) is 1.11. The molecule has 0 atom stereocenters. The fourth-order valence-corrected chi connectivity index (χ4v) is 5.33. The average Bonchev–Trinajstić information content (AvgIpc) is 2.97. The Morgan fingerprint density at radius 2 is 1.88 bits per heavy atom. The number of hydrogen-bond acceptors (Lipinski definition) is 4. The lowest BCUT2D eigenvalue weighted by Gasteiger charge is -2.27. The lowest BCUT2D eigenvalue weighted by atomic mass is 9.94. The molecule has 0 unspecified atom stereocenters. The number of ether oxygens (including phenoxy) is 1. The Hall–Kier alpha value is -3.38. The molecule has 0 amide bonds. The molecule has 1 fully saturated rings. The zero-order valence-electron chi connectivity index (χ0n) is 18.2. The predicted octanol–water partition coefficient (Wildman–Crippen LogP) is 4.00. The summed E-state index contributed by atoms with van der Waals surface area (Å²) in [5.41, 5.74) is 5.73. The molecule has 162 valence electrons. The van der Waals surface area contributed by atoms with Gasteiger partial charge in [0.2, 0.25) is 0 Å². The second kappa shape index (κ2) is 7.64. The normalized spacial score (nSPS) is 19.7. The number of piperidine rings is 1. The summed E-state index contributed by atoms with van der Waals surface area (Å²) >= 11 is 0. The first-order chi connectivity index (χ1) is 15.7. The molecule has 0 radical (unpaired) electrons. The highest BCUT2D eigenvalue weighted by atomic mass is 16.5. The quantitative estimate of drug-likeness (QED) is 0.495. The van der Waals surface area contributed by atoms with Crippen molar-refractivity contribution in [1.82, 2.24) is 19.2 Å². The van der Waals surface area contributed by atoms with Gasteiger partial charge in [-0.2, -0.15) is 9.78 Å². The van der Waals surface area contributed by atoms with E-state index in [0.29, 0.717) is 18.3 Å². The Labute approximate surface area is 186 Å². The van der Waals surface area contributed by atoms with E-state index >= 15 is 0 Å². The lowest BCUT2D eigenvalue weighted by molar-refractivity contribution is 0.220. The van der Waals surface area contributed by atoms with Crippen molar-refractivity contribution in [2.24, 2.45) is 7.05 Å². The van der Waals surface area contributed by atoms with Gasteiger partial charge in [0.05, 0.1) is 17.4 Å². The van der Waals surface area contributed by atoms with E-state index in [1.54, 1.807) is 6.20 Å². The molecule has 2 aromatic carbocycles. The zero-order valence-corrected chi connectivity index (χ0v) is 18.2. The molecule has 7 rings (SSSR count). The Kier molecular flexibility index (Phi) is 4.61. The number of rotatable bonds is 4. The van der Waals surface area contributed by atoms with Gasteiger partial charge in [0, 0.05) is 36.7 Å². The Morgan fingerprint density at radius 1 is 1.06 bits per heavy atom. The standard InChI is InChI=1S/C26H26N4O2/c1-28-24-13-20(7-8-22(24)23-16-29-11-9-19(10-12-29)26(23)28)30-25(31)14-21(15-27-30)32-17-18-5-3-2-4-6-18/h2-8,13-15,19H,9-12,16-17H2,1H3. The first-order valence-electron chi connectivity index (χ1n) is 11.3. The third-order valence-corrected chi connectivity index (χ3v) is 6.96. The SMILES string of the molecule is Cn1c2c(c3ccc(-n4ncc(OCc5ccccc5)cc4=O)cc31)CN1CCC2CC1. The second-order valence-electron chi connectivity index (χ2n) is 8.89. The predicted molar refractivity (Wildman–Crippen MR) is 124 cm³/mol. The molecule has 2 bridgehead atoms. The van der Waals surface area contributed by atoms with Crippen LogP contribution in [-0.4, -0.2) is 32.3 Å². The van der Waals surface area contributed by atoms with Crippen molar-refractivity contribution in [3.8, 4) is 11.4 Å². The Balaban J connectivity index is 1.33. The minimum Gasteiger partial charge on any atom is -0.487 e. The van der Waals surface area contributed by atoms with Crippen molar-refractivity contribution in [2.75, 3.05) is 13.1 Å². The number of fused-ring (bicyclic) bond motifs is 3. The molecule has 3 aliphatic heterocycles. The molecule has 3 aliphatic rings. The monoisotopic (exact) mass is 426 g/mol. The molecule has 5 heterocycles. The van der Waals surface area contributed by atoms with Crippen LogP contribution < -0.4 is 10.3 Å². The topological polar surface area (TPSA) is 52.3 Å². The largest absolute Gasteiger partial charge is 0.487 e. The van der Waals surface area contributed by atoms with Gasteiger partial charge in [-0.05, 0) is 49.2 Å². The molecule has 2 aromatic heterocycles. The molecule has 6 nitrogen and oxygen atoms in total. The zero-order chi connectivity index (χ0) is 21.7. The van der Waals surface area contributed by atoms with Gasteiger partial charge in [-0.15, -0.1) is 0 Å². The van der Waals surface area contributed by atoms with Gasteiger partial charge in [0.25, 0.3) is 5.56 Å². The van der Waals surface area contributed by atoms with Gasteiger partial charge in [0.1, 0.15) is 12.4 Å². The van der Waals surface area contributed by atoms with Gasteiger partial charge in [-0.3, -0.25) is 9.69 Å². The molecule has 0 spiro atoms. The fourth-order valence-electron chi connectivity index (χ4n) is 5.33. The number of aromatic nitrogens is 3. The lowest BCUT2D eigenvalue weighted by Crippen LogP contribution is -2.29. The third-order valence-electron chi connectivity index (χ3n) is 6.96. The summed E-state index contributed by atoms with van der Waals surface area (Å²) < 4.78 is 9.55. The fraction of sp³-hybridized carbons (Fsp3) is 0.308. The minimum absolute atomic E-state index is 0.198. The molecule has 0 saturated carbocycles. The molecule has 6 heteroatoms. The number of aryl methyl sites for hydroxylation is 1. The van der Waals surface area contributed by atoms with Crippen molar-refractivity contribution in [2.45, 2.75) is 31.9 Å². The van der Waals surface area contributed by atoms with Crippen molar-refractivity contribution in [1.29, 1.82) is 0 Å². The van der Waals surface area contributed by atoms with E-state index in [0.717, 1.165) is 17.8 Å². The maximum atomic E-state index is 12.8. The average molecular weight is 427 g/mol. The Morgan fingerprint density at radius 3 is 2.66 bits per heavy atom. The van der Waals surface area contributed by atoms with Crippen LogP contribution in [-0.2, 0) is 20.2 Å². The molecule has 0 N–H and O–H groups in total. The highest BCUT2D eigenvalue weighted by molar-refractivity contribution is 5.87. The van der Waals surface area contributed by atoms with Crippen molar-refractivity contribution < 1.29 is 4.74 Å². The van der Waals surface area contributed by atoms with Crippen LogP contribution in [0, 0.1) is 0 Å². The minimum atomic E-state index is -0.198. The number of benzene rings is 2. The number of hydrogen-bond donors (Lipinski definition) is 0. The van der Waals surface area contributed by atoms with E-state index in [1.807, 2.05) is 36.4 Å². The Bertz CT molecular complexity index is 1350. The van der Waals surface area contributed by atoms with E-state index in [9.17, 15) is 4.79 Å². The molecular weight excluding hydrogens is 400 g/mol. The highest BCUT2D eigenvalue weighted by Gasteiger charge is 2.31. The van der Waals surface area contributed by atoms with Crippen LogP contribution in [0.3, 0.4) is 0 Å². The number of nitrogens with zero attached hydrogens (tertiary/aromatic N) is 4. The van der Waals surface area contributed by atoms with Gasteiger partial charge in [-0.25, -0.2) is 0 Å². The van der Waals surface area contributed by atoms with Crippen molar-refractivity contribution in [3.63, 3.8) is 0 Å². The van der Waals surface area contributed by atoms with Crippen LogP contribution in [0.15, 0.2) is 65.6 Å². The van der Waals surface area contributed by atoms with Gasteiger partial charge in [0.15, 0.2) is 0 Å². The van der Waals surface area contributed by atoms with Crippen LogP contribution in [0.25, 0.3) is 16.6 Å². The van der Waals surface area contributed by atoms with Crippen LogP contribution in [0.1, 0.15) is 35.6 Å². The third kappa shape index (κ3) is 3.22.